The van der Waals surface area contributed by atoms with Gasteiger partial charge in [-0.05, 0) is 30.9 Å². The van der Waals surface area contributed by atoms with E-state index in [0.29, 0.717) is 12.1 Å². The molecule has 3 unspecified atom stereocenters. The molecule has 0 saturated carbocycles. The van der Waals surface area contributed by atoms with Gasteiger partial charge in [0.15, 0.2) is 5.96 Å². The number of fused-ring (bicyclic) bond motifs is 1. The number of aromatic amines is 2. The lowest BCUT2D eigenvalue weighted by Gasteiger charge is -2.21. The fourth-order valence-corrected chi connectivity index (χ4v) is 4.03. The third-order valence-electron chi connectivity index (χ3n) is 6.07. The number of rotatable bonds is 15. The molecule has 0 aliphatic carbocycles. The number of amides is 3. The molecule has 2 aromatic heterocycles. The number of imidazole rings is 1. The van der Waals surface area contributed by atoms with Gasteiger partial charge in [0, 0.05) is 42.0 Å². The van der Waals surface area contributed by atoms with Crippen LogP contribution in [-0.2, 0) is 32.0 Å². The van der Waals surface area contributed by atoms with Crippen LogP contribution in [0.15, 0.2) is 48.0 Å². The molecule has 0 radical (unpaired) electrons. The summed E-state index contributed by atoms with van der Waals surface area (Å²) in [4.78, 5) is 63.4. The SMILES string of the molecule is NC(N)=NCCCC(NC(=O)C(N)Cc1c[nH]c2ccccc12)C(=O)NCC(=O)NC(Cc1cnc[nH]1)C(=O)O. The molecule has 214 valence electrons. The topological polar surface area (TPSA) is 259 Å². The van der Waals surface area contributed by atoms with Crippen LogP contribution in [-0.4, -0.2) is 80.9 Å². The number of carboxylic acid groups (broad SMARTS) is 1. The van der Waals surface area contributed by atoms with Gasteiger partial charge >= 0.3 is 5.97 Å². The van der Waals surface area contributed by atoms with Crippen LogP contribution >= 0.6 is 0 Å². The van der Waals surface area contributed by atoms with E-state index in [1.165, 1.54) is 12.5 Å². The Balaban J connectivity index is 1.58. The average Bonchev–Trinajstić information content (AvgIpc) is 3.58. The summed E-state index contributed by atoms with van der Waals surface area (Å²) in [5.41, 5.74) is 19.1. The summed E-state index contributed by atoms with van der Waals surface area (Å²) < 4.78 is 0. The molecule has 12 N–H and O–H groups in total. The van der Waals surface area contributed by atoms with Crippen molar-refractivity contribution in [3.63, 3.8) is 0 Å². The molecular formula is C25H34N10O5. The van der Waals surface area contributed by atoms with E-state index in [2.05, 4.69) is 35.9 Å². The first-order chi connectivity index (χ1) is 19.1. The molecule has 0 saturated heterocycles. The number of aromatic nitrogens is 3. The normalized spacial score (nSPS) is 13.1. The molecule has 3 aromatic rings. The first-order valence-electron chi connectivity index (χ1n) is 12.6. The lowest BCUT2D eigenvalue weighted by molar-refractivity contribution is -0.141. The van der Waals surface area contributed by atoms with Gasteiger partial charge in [0.2, 0.25) is 17.7 Å². The molecule has 0 aliphatic heterocycles. The number of carbonyl (C=O) groups is 4. The number of hydrogen-bond acceptors (Lipinski definition) is 7. The van der Waals surface area contributed by atoms with Crippen LogP contribution in [0, 0.1) is 0 Å². The van der Waals surface area contributed by atoms with Crippen molar-refractivity contribution in [1.82, 2.24) is 30.9 Å². The summed E-state index contributed by atoms with van der Waals surface area (Å²) in [6.45, 7) is -0.287. The number of nitrogens with one attached hydrogen (secondary N) is 5. The number of carboxylic acids is 1. The molecule has 15 nitrogen and oxygen atoms in total. The van der Waals surface area contributed by atoms with Gasteiger partial charge in [0.25, 0.3) is 0 Å². The van der Waals surface area contributed by atoms with Crippen LogP contribution in [0.25, 0.3) is 10.9 Å². The number of hydrogen-bond donors (Lipinski definition) is 9. The zero-order chi connectivity index (χ0) is 29.1. The molecule has 3 atom stereocenters. The predicted molar refractivity (Wildman–Crippen MR) is 147 cm³/mol. The Kier molecular flexibility index (Phi) is 10.6. The summed E-state index contributed by atoms with van der Waals surface area (Å²) in [5.74, 6) is -3.27. The molecule has 3 rings (SSSR count). The van der Waals surface area contributed by atoms with Crippen molar-refractivity contribution in [1.29, 1.82) is 0 Å². The number of H-pyrrole nitrogens is 2. The summed E-state index contributed by atoms with van der Waals surface area (Å²) in [7, 11) is 0. The highest BCUT2D eigenvalue weighted by molar-refractivity contribution is 5.93. The Morgan fingerprint density at radius 1 is 1.02 bits per heavy atom. The first kappa shape index (κ1) is 29.6. The van der Waals surface area contributed by atoms with Gasteiger partial charge in [-0.25, -0.2) is 9.78 Å². The second kappa shape index (κ2) is 14.3. The molecule has 40 heavy (non-hydrogen) atoms. The average molecular weight is 555 g/mol. The van der Waals surface area contributed by atoms with E-state index < -0.39 is 48.4 Å². The lowest BCUT2D eigenvalue weighted by Crippen LogP contribution is -2.54. The van der Waals surface area contributed by atoms with E-state index >= 15 is 0 Å². The van der Waals surface area contributed by atoms with Crippen molar-refractivity contribution in [2.45, 2.75) is 43.8 Å². The molecule has 0 bridgehead atoms. The highest BCUT2D eigenvalue weighted by Gasteiger charge is 2.26. The molecule has 2 heterocycles. The van der Waals surface area contributed by atoms with E-state index in [4.69, 9.17) is 17.2 Å². The molecule has 0 aliphatic rings. The Bertz CT molecular complexity index is 1330. The standard InChI is InChI=1S/C25H34N10O5/c26-17(8-14-10-31-18-5-2-1-4-16(14)18)22(37)35-19(6-3-7-30-25(27)28)23(38)32-12-21(36)34-20(24(39)40)9-15-11-29-13-33-15/h1-2,4-5,10-11,13,17,19-20,31H,3,6-9,12,26H2,(H,29,33)(H,32,38)(H,34,36)(H,35,37)(H,39,40)(H4,27,28,30). The minimum atomic E-state index is -1.25. The van der Waals surface area contributed by atoms with Gasteiger partial charge in [-0.15, -0.1) is 0 Å². The van der Waals surface area contributed by atoms with Gasteiger partial charge in [-0.1, -0.05) is 18.2 Å². The molecule has 0 fully saturated rings. The highest BCUT2D eigenvalue weighted by Crippen LogP contribution is 2.18. The van der Waals surface area contributed by atoms with Crippen molar-refractivity contribution in [2.75, 3.05) is 13.1 Å². The number of aliphatic imine (C=N–C) groups is 1. The fourth-order valence-electron chi connectivity index (χ4n) is 4.03. The van der Waals surface area contributed by atoms with Gasteiger partial charge in [0.05, 0.1) is 18.9 Å². The summed E-state index contributed by atoms with van der Waals surface area (Å²) in [5, 5.41) is 17.8. The fraction of sp³-hybridized carbons (Fsp3) is 0.360. The van der Waals surface area contributed by atoms with Gasteiger partial charge < -0.3 is 48.2 Å². The largest absolute Gasteiger partial charge is 0.480 e. The molecule has 1 aromatic carbocycles. The smallest absolute Gasteiger partial charge is 0.326 e. The minimum absolute atomic E-state index is 0.0210. The Morgan fingerprint density at radius 2 is 1.80 bits per heavy atom. The number of para-hydroxylation sites is 1. The summed E-state index contributed by atoms with van der Waals surface area (Å²) in [6.07, 6.45) is 5.35. The number of nitrogens with two attached hydrogens (primary N) is 3. The van der Waals surface area contributed by atoms with Gasteiger partial charge in [-0.3, -0.25) is 19.4 Å². The van der Waals surface area contributed by atoms with E-state index in [-0.39, 0.29) is 31.8 Å². The first-order valence-corrected chi connectivity index (χ1v) is 12.6. The summed E-state index contributed by atoms with van der Waals surface area (Å²) in [6, 6.07) is 4.38. The second-order valence-electron chi connectivity index (χ2n) is 9.14. The maximum absolute atomic E-state index is 12.9. The van der Waals surface area contributed by atoms with E-state index in [1.54, 1.807) is 6.20 Å². The van der Waals surface area contributed by atoms with Crippen LogP contribution < -0.4 is 33.2 Å². The molecule has 3 amide bonds. The number of carbonyl (C=O) groups excluding carboxylic acids is 3. The van der Waals surface area contributed by atoms with E-state index in [1.807, 2.05) is 24.3 Å². The maximum atomic E-state index is 12.9. The van der Waals surface area contributed by atoms with Crippen LogP contribution in [0.1, 0.15) is 24.1 Å². The van der Waals surface area contributed by atoms with Crippen LogP contribution in [0.5, 0.6) is 0 Å². The van der Waals surface area contributed by atoms with Crippen LogP contribution in [0.3, 0.4) is 0 Å². The van der Waals surface area contributed by atoms with Crippen LogP contribution in [0.4, 0.5) is 0 Å². The van der Waals surface area contributed by atoms with Crippen molar-refractivity contribution >= 4 is 40.6 Å². The number of guanidine groups is 1. The zero-order valence-electron chi connectivity index (χ0n) is 21.7. The van der Waals surface area contributed by atoms with Gasteiger partial charge in [0.1, 0.15) is 12.1 Å². The van der Waals surface area contributed by atoms with Gasteiger partial charge in [-0.2, -0.15) is 0 Å². The maximum Gasteiger partial charge on any atom is 0.326 e. The Hall–Kier alpha value is -4.92. The Morgan fingerprint density at radius 3 is 2.50 bits per heavy atom. The third-order valence-corrected chi connectivity index (χ3v) is 6.07. The molecular weight excluding hydrogens is 520 g/mol. The molecule has 0 spiro atoms. The van der Waals surface area contributed by atoms with Crippen molar-refractivity contribution in [3.8, 4) is 0 Å². The predicted octanol–water partition coefficient (Wildman–Crippen LogP) is -1.77. The number of aliphatic carboxylic acids is 1. The summed E-state index contributed by atoms with van der Waals surface area (Å²) >= 11 is 0. The second-order valence-corrected chi connectivity index (χ2v) is 9.14. The third kappa shape index (κ3) is 8.83. The minimum Gasteiger partial charge on any atom is -0.480 e. The monoisotopic (exact) mass is 554 g/mol. The number of nitrogens with zero attached hydrogens (tertiary/aromatic N) is 2. The zero-order valence-corrected chi connectivity index (χ0v) is 21.7. The van der Waals surface area contributed by atoms with E-state index in [0.717, 1.165) is 16.5 Å². The van der Waals surface area contributed by atoms with E-state index in [9.17, 15) is 24.3 Å². The molecule has 15 heteroatoms. The van der Waals surface area contributed by atoms with Crippen LogP contribution in [0.2, 0.25) is 0 Å². The number of benzene rings is 1. The Labute approximate surface area is 229 Å². The van der Waals surface area contributed by atoms with Crippen molar-refractivity contribution in [2.24, 2.45) is 22.2 Å². The van der Waals surface area contributed by atoms with Crippen molar-refractivity contribution < 1.29 is 24.3 Å². The quantitative estimate of drug-likeness (QED) is 0.0584. The lowest BCUT2D eigenvalue weighted by atomic mass is 10.0. The van der Waals surface area contributed by atoms with Crippen molar-refractivity contribution in [3.05, 3.63) is 54.2 Å². The highest BCUT2D eigenvalue weighted by atomic mass is 16.4.